The summed E-state index contributed by atoms with van der Waals surface area (Å²) in [4.78, 5) is 20.2. The van der Waals surface area contributed by atoms with Crippen molar-refractivity contribution in [2.75, 3.05) is 31.1 Å². The fourth-order valence-electron chi connectivity index (χ4n) is 2.18. The fraction of sp³-hybridized carbons (Fsp3) is 0.250. The van der Waals surface area contributed by atoms with Crippen molar-refractivity contribution in [3.8, 4) is 11.8 Å². The normalized spacial score (nSPS) is 15.6. The topological polar surface area (TPSA) is 36.4 Å². The van der Waals surface area contributed by atoms with Crippen LogP contribution in [-0.4, -0.2) is 42.0 Å². The van der Waals surface area contributed by atoms with Crippen molar-refractivity contribution in [3.63, 3.8) is 0 Å². The summed E-state index contributed by atoms with van der Waals surface area (Å²) in [6.45, 7) is 2.53. The lowest BCUT2D eigenvalue weighted by molar-refractivity contribution is -0.121. The lowest BCUT2D eigenvalue weighted by atomic mass is 10.2. The van der Waals surface area contributed by atoms with Gasteiger partial charge in [0, 0.05) is 30.2 Å². The van der Waals surface area contributed by atoms with Crippen molar-refractivity contribution in [3.05, 3.63) is 47.5 Å². The predicted octanol–water partition coefficient (Wildman–Crippen LogP) is 1.84. The number of aromatic nitrogens is 1. The average Bonchev–Trinajstić information content (AvgIpc) is 3.02. The van der Waals surface area contributed by atoms with E-state index in [1.54, 1.807) is 11.1 Å². The summed E-state index contributed by atoms with van der Waals surface area (Å²) in [7, 11) is 0. The second-order valence-electron chi connectivity index (χ2n) is 4.74. The van der Waals surface area contributed by atoms with Gasteiger partial charge in [-0.25, -0.2) is 4.98 Å². The maximum Gasteiger partial charge on any atom is 0.243 e. The Morgan fingerprint density at radius 2 is 2.10 bits per heavy atom. The third-order valence-electron chi connectivity index (χ3n) is 3.26. The zero-order valence-electron chi connectivity index (χ0n) is 11.5. The molecule has 2 aromatic rings. The zero-order chi connectivity index (χ0) is 14.5. The standard InChI is InChI=1S/C16H15N3OS/c20-15-13-18(9-4-7-14-5-2-1-3-6-14)10-11-19(15)16-17-8-12-21-16/h1-3,5-6,8,12H,9-11,13H2. The molecule has 1 amide bonds. The van der Waals surface area contributed by atoms with Crippen molar-refractivity contribution in [1.29, 1.82) is 0 Å². The van der Waals surface area contributed by atoms with Crippen LogP contribution in [0.2, 0.25) is 0 Å². The summed E-state index contributed by atoms with van der Waals surface area (Å²) < 4.78 is 0. The van der Waals surface area contributed by atoms with Crippen LogP contribution in [0.15, 0.2) is 41.9 Å². The van der Waals surface area contributed by atoms with Crippen LogP contribution in [0.4, 0.5) is 5.13 Å². The first kappa shape index (κ1) is 13.8. The average molecular weight is 297 g/mol. The number of piperazine rings is 1. The van der Waals surface area contributed by atoms with Gasteiger partial charge < -0.3 is 0 Å². The van der Waals surface area contributed by atoms with Crippen LogP contribution < -0.4 is 4.90 Å². The molecule has 3 rings (SSSR count). The Morgan fingerprint density at radius 1 is 1.24 bits per heavy atom. The van der Waals surface area contributed by atoms with Gasteiger partial charge in [0.1, 0.15) is 0 Å². The Labute approximate surface area is 128 Å². The summed E-state index contributed by atoms with van der Waals surface area (Å²) in [5.74, 6) is 6.35. The quantitative estimate of drug-likeness (QED) is 0.794. The summed E-state index contributed by atoms with van der Waals surface area (Å²) >= 11 is 1.50. The van der Waals surface area contributed by atoms with Crippen molar-refractivity contribution in [2.45, 2.75) is 0 Å². The van der Waals surface area contributed by atoms with Crippen molar-refractivity contribution < 1.29 is 4.79 Å². The number of rotatable bonds is 2. The van der Waals surface area contributed by atoms with Crippen LogP contribution in [0, 0.1) is 11.8 Å². The van der Waals surface area contributed by atoms with Crippen molar-refractivity contribution in [2.24, 2.45) is 0 Å². The number of anilines is 1. The number of nitrogens with zero attached hydrogens (tertiary/aromatic N) is 3. The molecule has 2 heterocycles. The molecule has 1 aromatic carbocycles. The van der Waals surface area contributed by atoms with Crippen molar-refractivity contribution >= 4 is 22.4 Å². The molecule has 5 heteroatoms. The molecule has 0 bridgehead atoms. The van der Waals surface area contributed by atoms with Gasteiger partial charge in [-0.15, -0.1) is 11.3 Å². The molecular weight excluding hydrogens is 282 g/mol. The highest BCUT2D eigenvalue weighted by molar-refractivity contribution is 7.13. The molecule has 0 atom stereocenters. The van der Waals surface area contributed by atoms with Gasteiger partial charge in [-0.3, -0.25) is 14.6 Å². The highest BCUT2D eigenvalue weighted by Gasteiger charge is 2.25. The smallest absolute Gasteiger partial charge is 0.243 e. The molecule has 4 nitrogen and oxygen atoms in total. The zero-order valence-corrected chi connectivity index (χ0v) is 12.3. The van der Waals surface area contributed by atoms with Gasteiger partial charge in [0.15, 0.2) is 5.13 Å². The van der Waals surface area contributed by atoms with Gasteiger partial charge in [-0.1, -0.05) is 30.0 Å². The molecule has 0 saturated carbocycles. The summed E-state index contributed by atoms with van der Waals surface area (Å²) in [6.07, 6.45) is 1.73. The van der Waals surface area contributed by atoms with E-state index in [-0.39, 0.29) is 5.91 Å². The molecule has 1 aromatic heterocycles. The summed E-state index contributed by atoms with van der Waals surface area (Å²) in [6, 6.07) is 9.89. The number of carbonyl (C=O) groups is 1. The highest BCUT2D eigenvalue weighted by atomic mass is 32.1. The second-order valence-corrected chi connectivity index (χ2v) is 5.61. The van der Waals surface area contributed by atoms with E-state index in [4.69, 9.17) is 0 Å². The number of benzene rings is 1. The SMILES string of the molecule is O=C1CN(CC#Cc2ccccc2)CCN1c1nccs1. The molecule has 1 aliphatic heterocycles. The van der Waals surface area contributed by atoms with Gasteiger partial charge in [-0.2, -0.15) is 0 Å². The number of hydrogen-bond donors (Lipinski definition) is 0. The minimum atomic E-state index is 0.0951. The van der Waals surface area contributed by atoms with Crippen LogP contribution >= 0.6 is 11.3 Å². The summed E-state index contributed by atoms with van der Waals surface area (Å²) in [5.41, 5.74) is 1.00. The van der Waals surface area contributed by atoms with E-state index in [0.717, 1.165) is 17.2 Å². The third-order valence-corrected chi connectivity index (χ3v) is 4.05. The Hall–Kier alpha value is -2.16. The molecular formula is C16H15N3OS. The maximum absolute atomic E-state index is 12.1. The highest BCUT2D eigenvalue weighted by Crippen LogP contribution is 2.19. The molecule has 21 heavy (non-hydrogen) atoms. The van der Waals surface area contributed by atoms with E-state index in [0.29, 0.717) is 19.6 Å². The minimum Gasteiger partial charge on any atom is -0.286 e. The van der Waals surface area contributed by atoms with E-state index in [2.05, 4.69) is 21.7 Å². The van der Waals surface area contributed by atoms with Gasteiger partial charge >= 0.3 is 0 Å². The largest absolute Gasteiger partial charge is 0.286 e. The van der Waals surface area contributed by atoms with Gasteiger partial charge in [0.05, 0.1) is 13.1 Å². The summed E-state index contributed by atoms with van der Waals surface area (Å²) in [5, 5.41) is 2.68. The number of carbonyl (C=O) groups excluding carboxylic acids is 1. The fourth-order valence-corrected chi connectivity index (χ4v) is 2.87. The first-order valence-electron chi connectivity index (χ1n) is 6.79. The maximum atomic E-state index is 12.1. The molecule has 0 radical (unpaired) electrons. The van der Waals surface area contributed by atoms with E-state index < -0.39 is 0 Å². The molecule has 0 spiro atoms. The van der Waals surface area contributed by atoms with Crippen LogP contribution in [-0.2, 0) is 4.79 Å². The number of thiazole rings is 1. The minimum absolute atomic E-state index is 0.0951. The van der Waals surface area contributed by atoms with E-state index in [9.17, 15) is 4.79 Å². The molecule has 1 aliphatic rings. The van der Waals surface area contributed by atoms with Crippen LogP contribution in [0.1, 0.15) is 5.56 Å². The molecule has 0 unspecified atom stereocenters. The lowest BCUT2D eigenvalue weighted by Crippen LogP contribution is -2.50. The van der Waals surface area contributed by atoms with Gasteiger partial charge in [-0.05, 0) is 12.1 Å². The van der Waals surface area contributed by atoms with Crippen LogP contribution in [0.3, 0.4) is 0 Å². The van der Waals surface area contributed by atoms with Crippen LogP contribution in [0.25, 0.3) is 0 Å². The predicted molar refractivity (Wildman–Crippen MR) is 84.2 cm³/mol. The molecule has 106 valence electrons. The van der Waals surface area contributed by atoms with Gasteiger partial charge in [0.2, 0.25) is 5.91 Å². The Bertz CT molecular complexity index is 658. The van der Waals surface area contributed by atoms with Gasteiger partial charge in [0.25, 0.3) is 0 Å². The Morgan fingerprint density at radius 3 is 2.81 bits per heavy atom. The monoisotopic (exact) mass is 297 g/mol. The van der Waals surface area contributed by atoms with E-state index in [1.165, 1.54) is 11.3 Å². The number of hydrogen-bond acceptors (Lipinski definition) is 4. The molecule has 0 N–H and O–H groups in total. The Balaban J connectivity index is 1.56. The number of amides is 1. The van der Waals surface area contributed by atoms with E-state index >= 15 is 0 Å². The van der Waals surface area contributed by atoms with E-state index in [1.807, 2.05) is 35.7 Å². The first-order chi connectivity index (χ1) is 10.3. The second kappa shape index (κ2) is 6.53. The molecule has 1 saturated heterocycles. The lowest BCUT2D eigenvalue weighted by Gasteiger charge is -2.31. The molecule has 0 aliphatic carbocycles. The molecule has 1 fully saturated rings. The Kier molecular flexibility index (Phi) is 4.29. The van der Waals surface area contributed by atoms with Crippen molar-refractivity contribution in [1.82, 2.24) is 9.88 Å². The first-order valence-corrected chi connectivity index (χ1v) is 7.67. The van der Waals surface area contributed by atoms with Crippen LogP contribution in [0.5, 0.6) is 0 Å². The third kappa shape index (κ3) is 3.48.